The van der Waals surface area contributed by atoms with E-state index in [9.17, 15) is 4.79 Å². The molecule has 1 heterocycles. The van der Waals surface area contributed by atoms with Gasteiger partial charge in [-0.2, -0.15) is 11.8 Å². The van der Waals surface area contributed by atoms with Gasteiger partial charge in [0.25, 0.3) is 0 Å². The second kappa shape index (κ2) is 7.56. The molecule has 0 spiro atoms. The standard InChI is InChI=1S/C14H17BrN2O2S2/c1-9(20-2)5-6-17-12-4-3-10(15)7-11(12)16-14(17)21-8-13(18)19/h3-4,7,9H,5-6,8H2,1-2H3,(H,18,19). The summed E-state index contributed by atoms with van der Waals surface area (Å²) in [5.41, 5.74) is 1.95. The number of thioether (sulfide) groups is 2. The van der Waals surface area contributed by atoms with Crippen LogP contribution in [0.3, 0.4) is 0 Å². The van der Waals surface area contributed by atoms with Crippen molar-refractivity contribution >= 4 is 56.5 Å². The van der Waals surface area contributed by atoms with Gasteiger partial charge in [-0.15, -0.1) is 0 Å². The summed E-state index contributed by atoms with van der Waals surface area (Å²) in [6.07, 6.45) is 3.14. The van der Waals surface area contributed by atoms with Gasteiger partial charge in [0.1, 0.15) is 0 Å². The second-order valence-corrected chi connectivity index (χ2v) is 7.83. The lowest BCUT2D eigenvalue weighted by Gasteiger charge is -2.11. The Morgan fingerprint density at radius 2 is 2.29 bits per heavy atom. The molecule has 1 atom stereocenters. The summed E-state index contributed by atoms with van der Waals surface area (Å²) in [7, 11) is 0. The minimum Gasteiger partial charge on any atom is -0.481 e. The quantitative estimate of drug-likeness (QED) is 0.722. The van der Waals surface area contributed by atoms with E-state index in [0.717, 1.165) is 33.6 Å². The number of hydrogen-bond acceptors (Lipinski definition) is 4. The molecule has 0 aliphatic heterocycles. The van der Waals surface area contributed by atoms with Crippen molar-refractivity contribution in [2.24, 2.45) is 0 Å². The average Bonchev–Trinajstić information content (AvgIpc) is 2.79. The number of rotatable bonds is 7. The predicted molar refractivity (Wildman–Crippen MR) is 93.4 cm³/mol. The number of imidazole rings is 1. The van der Waals surface area contributed by atoms with E-state index in [2.05, 4.69) is 38.7 Å². The van der Waals surface area contributed by atoms with Gasteiger partial charge in [0.2, 0.25) is 0 Å². The molecular formula is C14H17BrN2O2S2. The first kappa shape index (κ1) is 16.7. The van der Waals surface area contributed by atoms with E-state index in [1.807, 2.05) is 30.0 Å². The molecule has 0 fully saturated rings. The lowest BCUT2D eigenvalue weighted by molar-refractivity contribution is -0.133. The topological polar surface area (TPSA) is 55.1 Å². The lowest BCUT2D eigenvalue weighted by atomic mass is 10.3. The summed E-state index contributed by atoms with van der Waals surface area (Å²) < 4.78 is 3.11. The molecule has 7 heteroatoms. The zero-order valence-electron chi connectivity index (χ0n) is 11.9. The van der Waals surface area contributed by atoms with Crippen molar-refractivity contribution in [1.82, 2.24) is 9.55 Å². The molecule has 114 valence electrons. The molecule has 1 N–H and O–H groups in total. The third-order valence-electron chi connectivity index (χ3n) is 3.16. The largest absolute Gasteiger partial charge is 0.481 e. The molecule has 1 aromatic heterocycles. The molecule has 2 rings (SSSR count). The van der Waals surface area contributed by atoms with Gasteiger partial charge in [-0.3, -0.25) is 4.79 Å². The first-order valence-electron chi connectivity index (χ1n) is 6.54. The van der Waals surface area contributed by atoms with Crippen molar-refractivity contribution in [2.45, 2.75) is 30.3 Å². The highest BCUT2D eigenvalue weighted by Gasteiger charge is 2.13. The van der Waals surface area contributed by atoms with E-state index in [4.69, 9.17) is 5.11 Å². The zero-order valence-corrected chi connectivity index (χ0v) is 15.1. The summed E-state index contributed by atoms with van der Waals surface area (Å²) in [4.78, 5) is 15.4. The molecule has 0 aliphatic rings. The summed E-state index contributed by atoms with van der Waals surface area (Å²) in [5.74, 6) is -0.792. The van der Waals surface area contributed by atoms with E-state index in [1.54, 1.807) is 0 Å². The molecule has 0 amide bonds. The van der Waals surface area contributed by atoms with Crippen LogP contribution in [0.25, 0.3) is 11.0 Å². The van der Waals surface area contributed by atoms with Crippen LogP contribution in [0.1, 0.15) is 13.3 Å². The van der Waals surface area contributed by atoms with Gasteiger partial charge in [0.05, 0.1) is 16.8 Å². The van der Waals surface area contributed by atoms with Crippen LogP contribution < -0.4 is 0 Å². The van der Waals surface area contributed by atoms with Gasteiger partial charge >= 0.3 is 5.97 Å². The second-order valence-electron chi connectivity index (χ2n) is 4.70. The van der Waals surface area contributed by atoms with Crippen LogP contribution in [0.4, 0.5) is 0 Å². The first-order valence-corrected chi connectivity index (χ1v) is 9.61. The Bertz CT molecular complexity index is 645. The highest BCUT2D eigenvalue weighted by atomic mass is 79.9. The molecule has 1 aromatic carbocycles. The van der Waals surface area contributed by atoms with E-state index >= 15 is 0 Å². The highest BCUT2D eigenvalue weighted by molar-refractivity contribution is 9.10. The van der Waals surface area contributed by atoms with E-state index in [1.165, 1.54) is 11.8 Å². The van der Waals surface area contributed by atoms with Crippen LogP contribution in [-0.2, 0) is 11.3 Å². The van der Waals surface area contributed by atoms with Crippen molar-refractivity contribution in [3.8, 4) is 0 Å². The van der Waals surface area contributed by atoms with Crippen LogP contribution >= 0.6 is 39.5 Å². The number of carboxylic acids is 1. The summed E-state index contributed by atoms with van der Waals surface area (Å²) in [6.45, 7) is 3.05. The van der Waals surface area contributed by atoms with Crippen molar-refractivity contribution < 1.29 is 9.90 Å². The molecule has 0 radical (unpaired) electrons. The molecule has 0 bridgehead atoms. The first-order chi connectivity index (χ1) is 10.0. The Labute approximate surface area is 140 Å². The fourth-order valence-electron chi connectivity index (χ4n) is 1.96. The summed E-state index contributed by atoms with van der Waals surface area (Å²) >= 11 is 6.56. The lowest BCUT2D eigenvalue weighted by Crippen LogP contribution is -2.07. The maximum atomic E-state index is 10.8. The zero-order chi connectivity index (χ0) is 15.4. The van der Waals surface area contributed by atoms with Crippen LogP contribution in [0, 0.1) is 0 Å². The SMILES string of the molecule is CSC(C)CCn1c(SCC(=O)O)nc2cc(Br)ccc21. The Morgan fingerprint density at radius 1 is 1.52 bits per heavy atom. The third-order valence-corrected chi connectivity index (χ3v) is 5.66. The van der Waals surface area contributed by atoms with Gasteiger partial charge in [-0.05, 0) is 30.9 Å². The predicted octanol–water partition coefficient (Wildman–Crippen LogP) is 4.12. The van der Waals surface area contributed by atoms with E-state index < -0.39 is 5.97 Å². The number of aromatic nitrogens is 2. The van der Waals surface area contributed by atoms with Gasteiger partial charge in [-0.25, -0.2) is 4.98 Å². The molecular weight excluding hydrogens is 372 g/mol. The van der Waals surface area contributed by atoms with Crippen LogP contribution in [0.15, 0.2) is 27.8 Å². The van der Waals surface area contributed by atoms with Crippen molar-refractivity contribution in [3.63, 3.8) is 0 Å². The van der Waals surface area contributed by atoms with Gasteiger partial charge in [-0.1, -0.05) is 34.6 Å². The number of benzene rings is 1. The minimum absolute atomic E-state index is 0.0303. The van der Waals surface area contributed by atoms with E-state index in [-0.39, 0.29) is 5.75 Å². The molecule has 0 saturated heterocycles. The summed E-state index contributed by atoms with van der Waals surface area (Å²) in [6, 6.07) is 5.99. The van der Waals surface area contributed by atoms with Crippen LogP contribution in [0.2, 0.25) is 0 Å². The normalized spacial score (nSPS) is 12.7. The third kappa shape index (κ3) is 4.40. The van der Waals surface area contributed by atoms with Crippen molar-refractivity contribution in [2.75, 3.05) is 12.0 Å². The Kier molecular flexibility index (Phi) is 6.01. The maximum Gasteiger partial charge on any atom is 0.313 e. The molecule has 1 unspecified atom stereocenters. The molecule has 0 saturated carbocycles. The van der Waals surface area contributed by atoms with E-state index in [0.29, 0.717) is 5.25 Å². The number of nitrogens with zero attached hydrogens (tertiary/aromatic N) is 2. The number of hydrogen-bond donors (Lipinski definition) is 1. The van der Waals surface area contributed by atoms with Crippen molar-refractivity contribution in [1.29, 1.82) is 0 Å². The Morgan fingerprint density at radius 3 is 2.95 bits per heavy atom. The molecule has 2 aromatic rings. The number of aliphatic carboxylic acids is 1. The van der Waals surface area contributed by atoms with Crippen LogP contribution in [0.5, 0.6) is 0 Å². The molecule has 0 aliphatic carbocycles. The van der Waals surface area contributed by atoms with Crippen LogP contribution in [-0.4, -0.2) is 37.9 Å². The smallest absolute Gasteiger partial charge is 0.313 e. The average molecular weight is 389 g/mol. The fourth-order valence-corrected chi connectivity index (χ4v) is 3.41. The number of aryl methyl sites for hydroxylation is 1. The number of carbonyl (C=O) groups is 1. The number of carboxylic acid groups (broad SMARTS) is 1. The summed E-state index contributed by atoms with van der Waals surface area (Å²) in [5, 5.41) is 10.2. The maximum absolute atomic E-state index is 10.8. The monoisotopic (exact) mass is 388 g/mol. The van der Waals surface area contributed by atoms with Gasteiger partial charge < -0.3 is 9.67 Å². The van der Waals surface area contributed by atoms with Gasteiger partial charge in [0.15, 0.2) is 5.16 Å². The minimum atomic E-state index is -0.822. The van der Waals surface area contributed by atoms with Crippen molar-refractivity contribution in [3.05, 3.63) is 22.7 Å². The Balaban J connectivity index is 2.32. The highest BCUT2D eigenvalue weighted by Crippen LogP contribution is 2.27. The fraction of sp³-hybridized carbons (Fsp3) is 0.429. The number of halogens is 1. The molecule has 21 heavy (non-hydrogen) atoms. The molecule has 4 nitrogen and oxygen atoms in total. The Hall–Kier alpha value is -0.660. The van der Waals surface area contributed by atoms with Gasteiger partial charge in [0, 0.05) is 16.3 Å². The number of fused-ring (bicyclic) bond motifs is 1.